The number of hydrogen-bond acceptors (Lipinski definition) is 3. The Hall–Kier alpha value is -0.770. The van der Waals surface area contributed by atoms with Crippen LogP contribution in [-0.2, 0) is 4.74 Å². The minimum atomic E-state index is -0.666. The molecule has 0 spiro atoms. The quantitative estimate of drug-likeness (QED) is 0.553. The molecular formula is C6H12N2O2. The highest BCUT2D eigenvalue weighted by Crippen LogP contribution is 2.09. The Labute approximate surface area is 59.9 Å². The summed E-state index contributed by atoms with van der Waals surface area (Å²) < 4.78 is 4.78. The average molecular weight is 144 g/mol. The van der Waals surface area contributed by atoms with Gasteiger partial charge in [0, 0.05) is 13.1 Å². The summed E-state index contributed by atoms with van der Waals surface area (Å²) >= 11 is 0. The lowest BCUT2D eigenvalue weighted by molar-refractivity contribution is 0.111. The van der Waals surface area contributed by atoms with E-state index in [9.17, 15) is 4.79 Å². The summed E-state index contributed by atoms with van der Waals surface area (Å²) in [5.41, 5.74) is 4.84. The molecule has 1 amide bonds. The van der Waals surface area contributed by atoms with Crippen LogP contribution >= 0.6 is 0 Å². The monoisotopic (exact) mass is 144 g/mol. The van der Waals surface area contributed by atoms with Crippen molar-refractivity contribution in [2.75, 3.05) is 20.1 Å². The van der Waals surface area contributed by atoms with Crippen LogP contribution in [0.1, 0.15) is 6.42 Å². The maximum absolute atomic E-state index is 10.2. The van der Waals surface area contributed by atoms with Gasteiger partial charge in [-0.25, -0.2) is 4.79 Å². The standard InChI is InChI=1S/C6H12N2O2/c1-8-3-2-5(4-8)10-6(7)9/h5H,2-4H2,1H3,(H2,7,9)/t5-/m0/s1. The van der Waals surface area contributed by atoms with Gasteiger partial charge in [0.1, 0.15) is 6.10 Å². The molecule has 1 fully saturated rings. The number of likely N-dealkylation sites (tertiary alicyclic amines) is 1. The molecule has 1 atom stereocenters. The summed E-state index contributed by atoms with van der Waals surface area (Å²) in [6.45, 7) is 1.79. The molecule has 1 saturated heterocycles. The van der Waals surface area contributed by atoms with Crippen LogP contribution in [0.5, 0.6) is 0 Å². The van der Waals surface area contributed by atoms with E-state index in [4.69, 9.17) is 10.5 Å². The largest absolute Gasteiger partial charge is 0.445 e. The van der Waals surface area contributed by atoms with E-state index >= 15 is 0 Å². The highest BCUT2D eigenvalue weighted by Gasteiger charge is 2.21. The number of ether oxygens (including phenoxy) is 1. The topological polar surface area (TPSA) is 55.6 Å². The zero-order valence-electron chi connectivity index (χ0n) is 6.04. The zero-order chi connectivity index (χ0) is 7.56. The molecule has 1 rings (SSSR count). The number of primary amides is 1. The van der Waals surface area contributed by atoms with E-state index in [1.54, 1.807) is 0 Å². The fourth-order valence-corrected chi connectivity index (χ4v) is 1.16. The van der Waals surface area contributed by atoms with Gasteiger partial charge in [0.15, 0.2) is 0 Å². The van der Waals surface area contributed by atoms with E-state index in [1.165, 1.54) is 0 Å². The number of likely N-dealkylation sites (N-methyl/N-ethyl adjacent to an activating group) is 1. The molecule has 1 heterocycles. The Bertz CT molecular complexity index is 138. The third kappa shape index (κ3) is 1.88. The van der Waals surface area contributed by atoms with E-state index < -0.39 is 6.09 Å². The van der Waals surface area contributed by atoms with E-state index in [1.807, 2.05) is 7.05 Å². The van der Waals surface area contributed by atoms with Gasteiger partial charge in [-0.1, -0.05) is 0 Å². The maximum atomic E-state index is 10.2. The first kappa shape index (κ1) is 7.34. The number of carbonyl (C=O) groups is 1. The van der Waals surface area contributed by atoms with Crippen LogP contribution in [0.4, 0.5) is 4.79 Å². The van der Waals surface area contributed by atoms with Gasteiger partial charge in [-0.05, 0) is 13.5 Å². The van der Waals surface area contributed by atoms with Gasteiger partial charge in [-0.2, -0.15) is 0 Å². The molecule has 1 aliphatic heterocycles. The first-order chi connectivity index (χ1) is 4.68. The van der Waals surface area contributed by atoms with Crippen LogP contribution in [0, 0.1) is 0 Å². The van der Waals surface area contributed by atoms with Crippen molar-refractivity contribution in [3.63, 3.8) is 0 Å². The molecule has 0 unspecified atom stereocenters. The molecule has 0 bridgehead atoms. The van der Waals surface area contributed by atoms with Gasteiger partial charge >= 0.3 is 6.09 Å². The van der Waals surface area contributed by atoms with E-state index in [2.05, 4.69) is 4.90 Å². The van der Waals surface area contributed by atoms with Crippen molar-refractivity contribution >= 4 is 6.09 Å². The van der Waals surface area contributed by atoms with E-state index in [0.29, 0.717) is 0 Å². The highest BCUT2D eigenvalue weighted by molar-refractivity contribution is 5.64. The lowest BCUT2D eigenvalue weighted by atomic mass is 10.3. The van der Waals surface area contributed by atoms with Crippen molar-refractivity contribution in [1.82, 2.24) is 4.90 Å². The van der Waals surface area contributed by atoms with Gasteiger partial charge in [0.2, 0.25) is 0 Å². The molecule has 0 aliphatic carbocycles. The predicted octanol–water partition coefficient (Wildman–Crippen LogP) is -0.214. The number of carbonyl (C=O) groups excluding carboxylic acids is 1. The first-order valence-corrected chi connectivity index (χ1v) is 3.33. The summed E-state index contributed by atoms with van der Waals surface area (Å²) in [6, 6.07) is 0. The summed E-state index contributed by atoms with van der Waals surface area (Å²) in [7, 11) is 1.99. The molecule has 4 nitrogen and oxygen atoms in total. The third-order valence-electron chi connectivity index (χ3n) is 1.63. The minimum absolute atomic E-state index is 0.0162. The Morgan fingerprint density at radius 1 is 1.80 bits per heavy atom. The molecule has 4 heteroatoms. The van der Waals surface area contributed by atoms with Gasteiger partial charge in [0.25, 0.3) is 0 Å². The Morgan fingerprint density at radius 3 is 2.90 bits per heavy atom. The lowest BCUT2D eigenvalue weighted by Gasteiger charge is -2.09. The van der Waals surface area contributed by atoms with Gasteiger partial charge in [-0.15, -0.1) is 0 Å². The summed E-state index contributed by atoms with van der Waals surface area (Å²) in [5.74, 6) is 0. The van der Waals surface area contributed by atoms with Gasteiger partial charge in [0.05, 0.1) is 0 Å². The van der Waals surface area contributed by atoms with Crippen LogP contribution in [0.2, 0.25) is 0 Å². The van der Waals surface area contributed by atoms with E-state index in [0.717, 1.165) is 19.5 Å². The Kier molecular flexibility index (Phi) is 2.11. The second kappa shape index (κ2) is 2.88. The summed E-state index contributed by atoms with van der Waals surface area (Å²) in [5, 5.41) is 0. The van der Waals surface area contributed by atoms with Gasteiger partial charge < -0.3 is 15.4 Å². The number of hydrogen-bond donors (Lipinski definition) is 1. The van der Waals surface area contributed by atoms with Crippen LogP contribution in [-0.4, -0.2) is 37.2 Å². The average Bonchev–Trinajstić information content (AvgIpc) is 2.13. The van der Waals surface area contributed by atoms with Crippen LogP contribution in [0.3, 0.4) is 0 Å². The SMILES string of the molecule is CN1CC[C@H](OC(N)=O)C1. The van der Waals surface area contributed by atoms with E-state index in [-0.39, 0.29) is 6.10 Å². The molecule has 10 heavy (non-hydrogen) atoms. The predicted molar refractivity (Wildman–Crippen MR) is 36.6 cm³/mol. The molecule has 0 radical (unpaired) electrons. The number of rotatable bonds is 1. The molecule has 0 saturated carbocycles. The van der Waals surface area contributed by atoms with Crippen molar-refractivity contribution < 1.29 is 9.53 Å². The first-order valence-electron chi connectivity index (χ1n) is 3.33. The molecule has 58 valence electrons. The fraction of sp³-hybridized carbons (Fsp3) is 0.833. The molecule has 0 aromatic rings. The van der Waals surface area contributed by atoms with Crippen LogP contribution in [0.15, 0.2) is 0 Å². The minimum Gasteiger partial charge on any atom is -0.445 e. The van der Waals surface area contributed by atoms with Crippen molar-refractivity contribution in [3.05, 3.63) is 0 Å². The Balaban J connectivity index is 2.24. The number of nitrogens with two attached hydrogens (primary N) is 1. The lowest BCUT2D eigenvalue weighted by Crippen LogP contribution is -2.25. The Morgan fingerprint density at radius 2 is 2.50 bits per heavy atom. The zero-order valence-corrected chi connectivity index (χ0v) is 6.04. The second-order valence-electron chi connectivity index (χ2n) is 2.61. The van der Waals surface area contributed by atoms with Crippen molar-refractivity contribution in [2.24, 2.45) is 5.73 Å². The molecule has 2 N–H and O–H groups in total. The number of amides is 1. The van der Waals surface area contributed by atoms with Crippen LogP contribution in [0.25, 0.3) is 0 Å². The molecule has 1 aliphatic rings. The molecular weight excluding hydrogens is 132 g/mol. The smallest absolute Gasteiger partial charge is 0.404 e. The van der Waals surface area contributed by atoms with Crippen LogP contribution < -0.4 is 5.73 Å². The fourth-order valence-electron chi connectivity index (χ4n) is 1.16. The summed E-state index contributed by atoms with van der Waals surface area (Å²) in [6.07, 6.45) is 0.252. The maximum Gasteiger partial charge on any atom is 0.404 e. The van der Waals surface area contributed by atoms with Crippen molar-refractivity contribution in [3.8, 4) is 0 Å². The number of nitrogens with zero attached hydrogens (tertiary/aromatic N) is 1. The van der Waals surface area contributed by atoms with Crippen molar-refractivity contribution in [1.29, 1.82) is 0 Å². The summed E-state index contributed by atoms with van der Waals surface area (Å²) in [4.78, 5) is 12.3. The van der Waals surface area contributed by atoms with Gasteiger partial charge in [-0.3, -0.25) is 0 Å². The normalized spacial score (nSPS) is 26.7. The molecule has 0 aromatic heterocycles. The second-order valence-corrected chi connectivity index (χ2v) is 2.61. The third-order valence-corrected chi connectivity index (χ3v) is 1.63. The van der Waals surface area contributed by atoms with Crippen molar-refractivity contribution in [2.45, 2.75) is 12.5 Å². The molecule has 0 aromatic carbocycles. The highest BCUT2D eigenvalue weighted by atomic mass is 16.6.